The minimum Gasteiger partial charge on any atom is -0.459 e. The number of ether oxygens (including phenoxy) is 1. The highest BCUT2D eigenvalue weighted by Crippen LogP contribution is 2.23. The topological polar surface area (TPSA) is 78.8 Å². The van der Waals surface area contributed by atoms with Gasteiger partial charge in [-0.15, -0.1) is 0 Å². The summed E-state index contributed by atoms with van der Waals surface area (Å²) in [5.41, 5.74) is 6.59. The number of rotatable bonds is 3. The molecule has 1 aromatic heterocycles. The van der Waals surface area contributed by atoms with Crippen LogP contribution in [0.4, 0.5) is 0 Å². The molecular weight excluding hydrogens is 218 g/mol. The van der Waals surface area contributed by atoms with Gasteiger partial charge in [0, 0.05) is 6.04 Å². The third-order valence-corrected chi connectivity index (χ3v) is 2.85. The number of hydrogen-bond donors (Lipinski definition) is 1. The average Bonchev–Trinajstić information content (AvgIpc) is 2.76. The highest BCUT2D eigenvalue weighted by Gasteiger charge is 2.29. The van der Waals surface area contributed by atoms with Gasteiger partial charge < -0.3 is 10.5 Å². The van der Waals surface area contributed by atoms with Gasteiger partial charge in [-0.25, -0.2) is 0 Å². The smallest absolute Gasteiger partial charge is 0.340 e. The summed E-state index contributed by atoms with van der Waals surface area (Å²) in [6.45, 7) is 0. The normalized spacial score (nSPS) is 23.1. The Hall–Kier alpha value is -1.95. The largest absolute Gasteiger partial charge is 0.459 e. The summed E-state index contributed by atoms with van der Waals surface area (Å²) in [5.74, 6) is 0. The quantitative estimate of drug-likeness (QED) is 0.833. The first-order valence-electron chi connectivity index (χ1n) is 5.59. The van der Waals surface area contributed by atoms with Crippen molar-refractivity contribution in [2.75, 3.05) is 0 Å². The SMILES string of the molecule is NC1CC(Oc2nnnn2-c2ccccc2)C1. The zero-order chi connectivity index (χ0) is 11.7. The molecule has 6 heteroatoms. The van der Waals surface area contributed by atoms with Crippen molar-refractivity contribution in [3.05, 3.63) is 30.3 Å². The molecule has 88 valence electrons. The molecule has 3 rings (SSSR count). The van der Waals surface area contributed by atoms with Gasteiger partial charge in [0.15, 0.2) is 0 Å². The summed E-state index contributed by atoms with van der Waals surface area (Å²) in [5, 5.41) is 11.4. The Labute approximate surface area is 98.4 Å². The van der Waals surface area contributed by atoms with Crippen LogP contribution in [-0.4, -0.2) is 32.4 Å². The second kappa shape index (κ2) is 4.14. The van der Waals surface area contributed by atoms with Crippen molar-refractivity contribution in [3.8, 4) is 11.7 Å². The summed E-state index contributed by atoms with van der Waals surface area (Å²) in [6, 6.07) is 10.3. The van der Waals surface area contributed by atoms with Gasteiger partial charge in [-0.2, -0.15) is 4.68 Å². The summed E-state index contributed by atoms with van der Waals surface area (Å²) >= 11 is 0. The fraction of sp³-hybridized carbons (Fsp3) is 0.364. The van der Waals surface area contributed by atoms with Gasteiger partial charge in [0.2, 0.25) is 0 Å². The average molecular weight is 231 g/mol. The first kappa shape index (κ1) is 10.2. The van der Waals surface area contributed by atoms with E-state index in [9.17, 15) is 0 Å². The number of tetrazole rings is 1. The molecule has 6 nitrogen and oxygen atoms in total. The second-order valence-corrected chi connectivity index (χ2v) is 4.18. The van der Waals surface area contributed by atoms with Gasteiger partial charge in [0.1, 0.15) is 6.10 Å². The highest BCUT2D eigenvalue weighted by molar-refractivity contribution is 5.31. The van der Waals surface area contributed by atoms with E-state index in [4.69, 9.17) is 10.5 Å². The molecule has 0 aliphatic heterocycles. The second-order valence-electron chi connectivity index (χ2n) is 4.18. The maximum atomic E-state index is 5.71. The van der Waals surface area contributed by atoms with Gasteiger partial charge in [-0.05, 0) is 35.4 Å². The van der Waals surface area contributed by atoms with Crippen molar-refractivity contribution in [1.29, 1.82) is 0 Å². The minimum absolute atomic E-state index is 0.137. The highest BCUT2D eigenvalue weighted by atomic mass is 16.5. The Morgan fingerprint density at radius 3 is 2.71 bits per heavy atom. The first-order valence-corrected chi connectivity index (χ1v) is 5.59. The zero-order valence-corrected chi connectivity index (χ0v) is 9.23. The molecule has 1 heterocycles. The molecule has 1 aliphatic carbocycles. The molecule has 0 spiro atoms. The Kier molecular flexibility index (Phi) is 2.49. The number of benzene rings is 1. The van der Waals surface area contributed by atoms with Crippen molar-refractivity contribution < 1.29 is 4.74 Å². The van der Waals surface area contributed by atoms with E-state index in [0.717, 1.165) is 18.5 Å². The van der Waals surface area contributed by atoms with Gasteiger partial charge in [0.25, 0.3) is 0 Å². The lowest BCUT2D eigenvalue weighted by Gasteiger charge is -2.31. The molecular formula is C11H13N5O. The number of nitrogens with two attached hydrogens (primary N) is 1. The molecule has 1 saturated carbocycles. The summed E-state index contributed by atoms with van der Waals surface area (Å²) in [7, 11) is 0. The van der Waals surface area contributed by atoms with Gasteiger partial charge in [-0.1, -0.05) is 23.3 Å². The molecule has 0 unspecified atom stereocenters. The van der Waals surface area contributed by atoms with Crippen LogP contribution in [0.15, 0.2) is 30.3 Å². The van der Waals surface area contributed by atoms with Crippen LogP contribution in [0.5, 0.6) is 6.01 Å². The van der Waals surface area contributed by atoms with Crippen LogP contribution in [0.1, 0.15) is 12.8 Å². The molecule has 1 fully saturated rings. The van der Waals surface area contributed by atoms with Gasteiger partial charge >= 0.3 is 6.01 Å². The fourth-order valence-electron chi connectivity index (χ4n) is 1.84. The van der Waals surface area contributed by atoms with E-state index in [2.05, 4.69) is 15.5 Å². The van der Waals surface area contributed by atoms with Crippen LogP contribution in [0, 0.1) is 0 Å². The molecule has 1 aromatic carbocycles. The van der Waals surface area contributed by atoms with E-state index >= 15 is 0 Å². The van der Waals surface area contributed by atoms with Crippen LogP contribution >= 0.6 is 0 Å². The predicted molar refractivity (Wildman–Crippen MR) is 60.8 cm³/mol. The molecule has 0 bridgehead atoms. The number of aromatic nitrogens is 4. The standard InChI is InChI=1S/C11H13N5O/c12-8-6-10(7-8)17-11-13-14-15-16(11)9-4-2-1-3-5-9/h1-5,8,10H,6-7,12H2. The van der Waals surface area contributed by atoms with E-state index in [1.807, 2.05) is 30.3 Å². The van der Waals surface area contributed by atoms with Crippen molar-refractivity contribution in [3.63, 3.8) is 0 Å². The van der Waals surface area contributed by atoms with E-state index in [-0.39, 0.29) is 12.1 Å². The monoisotopic (exact) mass is 231 g/mol. The van der Waals surface area contributed by atoms with E-state index < -0.39 is 0 Å². The maximum absolute atomic E-state index is 5.71. The molecule has 0 atom stereocenters. The van der Waals surface area contributed by atoms with Crippen molar-refractivity contribution >= 4 is 0 Å². The van der Waals surface area contributed by atoms with Crippen LogP contribution in [0.2, 0.25) is 0 Å². The predicted octanol–water partition coefficient (Wildman–Crippen LogP) is 0.531. The van der Waals surface area contributed by atoms with E-state index in [1.165, 1.54) is 0 Å². The third kappa shape index (κ3) is 1.99. The Balaban J connectivity index is 1.80. The van der Waals surface area contributed by atoms with Crippen LogP contribution in [-0.2, 0) is 0 Å². The van der Waals surface area contributed by atoms with Crippen molar-refractivity contribution in [1.82, 2.24) is 20.2 Å². The maximum Gasteiger partial charge on any atom is 0.340 e. The molecule has 2 N–H and O–H groups in total. The van der Waals surface area contributed by atoms with Crippen LogP contribution < -0.4 is 10.5 Å². The number of nitrogens with zero attached hydrogens (tertiary/aromatic N) is 4. The molecule has 0 saturated heterocycles. The first-order chi connectivity index (χ1) is 8.33. The Morgan fingerprint density at radius 1 is 1.24 bits per heavy atom. The Bertz CT molecular complexity index is 492. The number of para-hydroxylation sites is 1. The summed E-state index contributed by atoms with van der Waals surface area (Å²) < 4.78 is 7.28. The molecule has 0 amide bonds. The number of hydrogen-bond acceptors (Lipinski definition) is 5. The van der Waals surface area contributed by atoms with Gasteiger partial charge in [0.05, 0.1) is 5.69 Å². The fourth-order valence-corrected chi connectivity index (χ4v) is 1.84. The van der Waals surface area contributed by atoms with Crippen LogP contribution in [0.25, 0.3) is 5.69 Å². The van der Waals surface area contributed by atoms with E-state index in [1.54, 1.807) is 4.68 Å². The molecule has 1 aliphatic rings. The van der Waals surface area contributed by atoms with Crippen molar-refractivity contribution in [2.45, 2.75) is 25.0 Å². The molecule has 0 radical (unpaired) electrons. The lowest BCUT2D eigenvalue weighted by atomic mass is 9.90. The zero-order valence-electron chi connectivity index (χ0n) is 9.23. The molecule has 17 heavy (non-hydrogen) atoms. The van der Waals surface area contributed by atoms with Crippen molar-refractivity contribution in [2.24, 2.45) is 5.73 Å². The summed E-state index contributed by atoms with van der Waals surface area (Å²) in [6.07, 6.45) is 1.86. The third-order valence-electron chi connectivity index (χ3n) is 2.85. The molecule has 2 aromatic rings. The lowest BCUT2D eigenvalue weighted by Crippen LogP contribution is -2.43. The van der Waals surface area contributed by atoms with Gasteiger partial charge in [-0.3, -0.25) is 0 Å². The van der Waals surface area contributed by atoms with E-state index in [0.29, 0.717) is 6.01 Å². The van der Waals surface area contributed by atoms with Crippen LogP contribution in [0.3, 0.4) is 0 Å². The lowest BCUT2D eigenvalue weighted by molar-refractivity contribution is 0.0876. The summed E-state index contributed by atoms with van der Waals surface area (Å²) in [4.78, 5) is 0. The minimum atomic E-state index is 0.137. The Morgan fingerprint density at radius 2 is 2.00 bits per heavy atom.